The first-order valence-corrected chi connectivity index (χ1v) is 21.3. The van der Waals surface area contributed by atoms with Crippen molar-refractivity contribution in [2.75, 3.05) is 9.80 Å². The molecule has 0 N–H and O–H groups in total. The molecule has 12 aromatic rings. The molecule has 0 heterocycles. The zero-order valence-electron chi connectivity index (χ0n) is 34.0. The Labute approximate surface area is 360 Å². The van der Waals surface area contributed by atoms with Crippen molar-refractivity contribution in [3.63, 3.8) is 0 Å². The maximum atomic E-state index is 2.45. The standard InChI is InChI=1S/C60H40N2/c1-3-19-45-39-47(33-31-41(45)15-1)61(57-29-13-21-43-17-5-7-23-49(43)57)59-37-35-53(51-25-9-11-27-55(51)59)54-36-38-60(56-28-12-10-26-52(54)56)62(48-34-32-42-16-2-4-20-46(42)40-48)58-30-14-22-44-18-6-8-24-50(44)58/h1-40H. The van der Waals surface area contributed by atoms with E-state index in [1.807, 2.05) is 0 Å². The molecule has 0 bridgehead atoms. The van der Waals surface area contributed by atoms with E-state index >= 15 is 0 Å². The molecule has 0 saturated heterocycles. The van der Waals surface area contributed by atoms with Crippen LogP contribution in [0.5, 0.6) is 0 Å². The molecule has 0 unspecified atom stereocenters. The predicted octanol–water partition coefficient (Wildman–Crippen LogP) is 17.2. The molecule has 2 heteroatoms. The van der Waals surface area contributed by atoms with Gasteiger partial charge in [-0.3, -0.25) is 0 Å². The largest absolute Gasteiger partial charge is 0.309 e. The smallest absolute Gasteiger partial charge is 0.0540 e. The summed E-state index contributed by atoms with van der Waals surface area (Å²) in [4.78, 5) is 4.90. The molecular formula is C60H40N2. The number of benzene rings is 12. The fourth-order valence-electron chi connectivity index (χ4n) is 9.68. The molecule has 0 spiro atoms. The minimum absolute atomic E-state index is 1.12. The van der Waals surface area contributed by atoms with Gasteiger partial charge in [-0.1, -0.05) is 194 Å². The van der Waals surface area contributed by atoms with Gasteiger partial charge in [0, 0.05) is 32.9 Å². The van der Waals surface area contributed by atoms with Crippen LogP contribution in [0.2, 0.25) is 0 Å². The Morgan fingerprint density at radius 1 is 0.194 bits per heavy atom. The van der Waals surface area contributed by atoms with E-state index in [9.17, 15) is 0 Å². The fourth-order valence-corrected chi connectivity index (χ4v) is 9.68. The lowest BCUT2D eigenvalue weighted by Crippen LogP contribution is -2.11. The van der Waals surface area contributed by atoms with Crippen LogP contribution < -0.4 is 9.80 Å². The van der Waals surface area contributed by atoms with Crippen molar-refractivity contribution in [3.05, 3.63) is 243 Å². The molecule has 0 radical (unpaired) electrons. The summed E-state index contributed by atoms with van der Waals surface area (Å²) in [7, 11) is 0. The molecule has 0 atom stereocenters. The highest BCUT2D eigenvalue weighted by atomic mass is 15.2. The average Bonchev–Trinajstić information content (AvgIpc) is 3.34. The van der Waals surface area contributed by atoms with Gasteiger partial charge in [0.25, 0.3) is 0 Å². The zero-order valence-corrected chi connectivity index (χ0v) is 34.0. The molecule has 0 aliphatic carbocycles. The van der Waals surface area contributed by atoms with Crippen molar-refractivity contribution in [3.8, 4) is 11.1 Å². The van der Waals surface area contributed by atoms with E-state index in [-0.39, 0.29) is 0 Å². The molecule has 12 rings (SSSR count). The van der Waals surface area contributed by atoms with Gasteiger partial charge in [0.15, 0.2) is 0 Å². The van der Waals surface area contributed by atoms with Gasteiger partial charge in [0.05, 0.1) is 22.7 Å². The quantitative estimate of drug-likeness (QED) is 0.159. The Bertz CT molecular complexity index is 3420. The third kappa shape index (κ3) is 5.96. The van der Waals surface area contributed by atoms with Crippen LogP contribution >= 0.6 is 0 Å². The maximum absolute atomic E-state index is 2.45. The zero-order chi connectivity index (χ0) is 41.0. The SMILES string of the molecule is c1ccc2cc(N(c3cccc4ccccc34)c3ccc(-c4ccc(N(c5ccc6ccccc6c5)c5cccc6ccccc56)c5ccccc45)c4ccccc34)ccc2c1. The topological polar surface area (TPSA) is 6.48 Å². The Morgan fingerprint density at radius 3 is 0.952 bits per heavy atom. The molecule has 62 heavy (non-hydrogen) atoms. The molecule has 0 amide bonds. The highest BCUT2D eigenvalue weighted by Gasteiger charge is 2.23. The molecule has 290 valence electrons. The second-order valence-corrected chi connectivity index (χ2v) is 16.1. The normalized spacial score (nSPS) is 11.5. The monoisotopic (exact) mass is 788 g/mol. The minimum atomic E-state index is 1.12. The van der Waals surface area contributed by atoms with E-state index in [0.29, 0.717) is 0 Å². The maximum Gasteiger partial charge on any atom is 0.0540 e. The summed E-state index contributed by atoms with van der Waals surface area (Å²) < 4.78 is 0. The summed E-state index contributed by atoms with van der Waals surface area (Å²) in [6.07, 6.45) is 0. The molecule has 2 nitrogen and oxygen atoms in total. The third-order valence-corrected chi connectivity index (χ3v) is 12.6. The van der Waals surface area contributed by atoms with Gasteiger partial charge >= 0.3 is 0 Å². The Balaban J connectivity index is 1.07. The van der Waals surface area contributed by atoms with Crippen LogP contribution in [-0.2, 0) is 0 Å². The van der Waals surface area contributed by atoms with Gasteiger partial charge in [-0.25, -0.2) is 0 Å². The Hall–Kier alpha value is -8.20. The van der Waals surface area contributed by atoms with E-state index in [1.54, 1.807) is 0 Å². The van der Waals surface area contributed by atoms with Crippen LogP contribution in [0.25, 0.3) is 75.8 Å². The van der Waals surface area contributed by atoms with Crippen LogP contribution in [0.15, 0.2) is 243 Å². The van der Waals surface area contributed by atoms with Crippen molar-refractivity contribution in [1.82, 2.24) is 0 Å². The van der Waals surface area contributed by atoms with Crippen molar-refractivity contribution < 1.29 is 0 Å². The number of hydrogen-bond acceptors (Lipinski definition) is 2. The molecule has 0 saturated carbocycles. The predicted molar refractivity (Wildman–Crippen MR) is 266 cm³/mol. The molecule has 0 aliphatic heterocycles. The molecule has 12 aromatic carbocycles. The second kappa shape index (κ2) is 14.8. The van der Waals surface area contributed by atoms with Gasteiger partial charge < -0.3 is 9.80 Å². The van der Waals surface area contributed by atoms with E-state index in [1.165, 1.54) is 75.8 Å². The highest BCUT2D eigenvalue weighted by molar-refractivity contribution is 6.15. The first kappa shape index (κ1) is 35.7. The fraction of sp³-hybridized carbons (Fsp3) is 0. The lowest BCUT2D eigenvalue weighted by Gasteiger charge is -2.30. The second-order valence-electron chi connectivity index (χ2n) is 16.1. The lowest BCUT2D eigenvalue weighted by atomic mass is 9.91. The van der Waals surface area contributed by atoms with Gasteiger partial charge in [-0.15, -0.1) is 0 Å². The summed E-state index contributed by atoms with van der Waals surface area (Å²) in [5.74, 6) is 0. The number of rotatable bonds is 7. The minimum Gasteiger partial charge on any atom is -0.309 e. The van der Waals surface area contributed by atoms with Gasteiger partial charge in [0.2, 0.25) is 0 Å². The van der Waals surface area contributed by atoms with Crippen molar-refractivity contribution in [1.29, 1.82) is 0 Å². The molecule has 0 aliphatic rings. The summed E-state index contributed by atoms with van der Waals surface area (Å²) in [5, 5.41) is 14.5. The number of fused-ring (bicyclic) bond motifs is 6. The summed E-state index contributed by atoms with van der Waals surface area (Å²) in [5.41, 5.74) is 9.20. The van der Waals surface area contributed by atoms with E-state index in [2.05, 4.69) is 252 Å². The van der Waals surface area contributed by atoms with Gasteiger partial charge in [-0.05, 0) is 103 Å². The lowest BCUT2D eigenvalue weighted by molar-refractivity contribution is 1.32. The van der Waals surface area contributed by atoms with Crippen molar-refractivity contribution >= 4 is 98.8 Å². The molecular weight excluding hydrogens is 749 g/mol. The first-order valence-electron chi connectivity index (χ1n) is 21.3. The third-order valence-electron chi connectivity index (χ3n) is 12.6. The van der Waals surface area contributed by atoms with Gasteiger partial charge in [0.1, 0.15) is 0 Å². The molecule has 0 aromatic heterocycles. The first-order chi connectivity index (χ1) is 30.8. The Kier molecular flexibility index (Phi) is 8.53. The summed E-state index contributed by atoms with van der Waals surface area (Å²) in [6, 6.07) is 88.7. The van der Waals surface area contributed by atoms with Crippen LogP contribution in [0.3, 0.4) is 0 Å². The van der Waals surface area contributed by atoms with Crippen LogP contribution in [-0.4, -0.2) is 0 Å². The van der Waals surface area contributed by atoms with Gasteiger partial charge in [-0.2, -0.15) is 0 Å². The van der Waals surface area contributed by atoms with Crippen LogP contribution in [0.1, 0.15) is 0 Å². The van der Waals surface area contributed by atoms with E-state index in [0.717, 1.165) is 34.1 Å². The van der Waals surface area contributed by atoms with Crippen molar-refractivity contribution in [2.24, 2.45) is 0 Å². The Morgan fingerprint density at radius 2 is 0.516 bits per heavy atom. The van der Waals surface area contributed by atoms with E-state index < -0.39 is 0 Å². The summed E-state index contributed by atoms with van der Waals surface area (Å²) in [6.45, 7) is 0. The average molecular weight is 789 g/mol. The number of anilines is 6. The molecule has 0 fully saturated rings. The summed E-state index contributed by atoms with van der Waals surface area (Å²) >= 11 is 0. The van der Waals surface area contributed by atoms with E-state index in [4.69, 9.17) is 0 Å². The van der Waals surface area contributed by atoms with Crippen LogP contribution in [0, 0.1) is 0 Å². The number of nitrogens with zero attached hydrogens (tertiary/aromatic N) is 2. The van der Waals surface area contributed by atoms with Crippen LogP contribution in [0.4, 0.5) is 34.1 Å². The van der Waals surface area contributed by atoms with Crippen molar-refractivity contribution in [2.45, 2.75) is 0 Å². The number of hydrogen-bond donors (Lipinski definition) is 0. The highest BCUT2D eigenvalue weighted by Crippen LogP contribution is 2.48.